The molecule has 1 aromatic heterocycles. The quantitative estimate of drug-likeness (QED) is 0.941. The molecular weight excluding hydrogens is 274 g/mol. The van der Waals surface area contributed by atoms with E-state index in [2.05, 4.69) is 10.00 Å². The minimum absolute atomic E-state index is 0.352. The predicted octanol–water partition coefficient (Wildman–Crippen LogP) is 2.52. The summed E-state index contributed by atoms with van der Waals surface area (Å²) in [5.74, 6) is 0. The van der Waals surface area contributed by atoms with Crippen LogP contribution in [0.15, 0.2) is 42.7 Å². The Morgan fingerprint density at radius 2 is 2.15 bits per heavy atom. The molecule has 0 spiro atoms. The van der Waals surface area contributed by atoms with Crippen LogP contribution >= 0.6 is 11.6 Å². The fourth-order valence-electron chi connectivity index (χ4n) is 2.73. The van der Waals surface area contributed by atoms with E-state index in [9.17, 15) is 5.11 Å². The van der Waals surface area contributed by atoms with E-state index in [1.165, 1.54) is 0 Å². The van der Waals surface area contributed by atoms with Crippen molar-refractivity contribution in [1.29, 1.82) is 0 Å². The van der Waals surface area contributed by atoms with Gasteiger partial charge in [0.2, 0.25) is 0 Å². The standard InChI is InChI=1S/C15H18ClN3O/c16-13-8-17-19(9-13)14-6-7-18(10-14)11-15(20)12-4-2-1-3-5-12/h1-5,8-9,14-15,20H,6-7,10-11H2/t14?,15-/m1/s1. The normalized spacial score (nSPS) is 21.2. The molecule has 1 aromatic carbocycles. The molecule has 1 aliphatic heterocycles. The van der Waals surface area contributed by atoms with Crippen molar-refractivity contribution in [2.75, 3.05) is 19.6 Å². The van der Waals surface area contributed by atoms with Gasteiger partial charge in [0.1, 0.15) is 0 Å². The number of hydrogen-bond donors (Lipinski definition) is 1. The molecule has 1 unspecified atom stereocenters. The highest BCUT2D eigenvalue weighted by Gasteiger charge is 2.26. The number of aliphatic hydroxyl groups excluding tert-OH is 1. The molecule has 5 heteroatoms. The molecule has 1 N–H and O–H groups in total. The Kier molecular flexibility index (Phi) is 4.05. The van der Waals surface area contributed by atoms with Gasteiger partial charge in [-0.3, -0.25) is 9.58 Å². The molecule has 0 amide bonds. The average molecular weight is 292 g/mol. The molecule has 4 nitrogen and oxygen atoms in total. The van der Waals surface area contributed by atoms with Crippen molar-refractivity contribution < 1.29 is 5.11 Å². The van der Waals surface area contributed by atoms with Gasteiger partial charge in [-0.05, 0) is 12.0 Å². The monoisotopic (exact) mass is 291 g/mol. The molecule has 0 saturated carbocycles. The maximum Gasteiger partial charge on any atom is 0.0916 e. The minimum atomic E-state index is -0.434. The van der Waals surface area contributed by atoms with Gasteiger partial charge in [-0.2, -0.15) is 5.10 Å². The van der Waals surface area contributed by atoms with Gasteiger partial charge in [0.05, 0.1) is 23.4 Å². The first kappa shape index (κ1) is 13.6. The number of hydrogen-bond acceptors (Lipinski definition) is 3. The fraction of sp³-hybridized carbons (Fsp3) is 0.400. The summed E-state index contributed by atoms with van der Waals surface area (Å²) in [5.41, 5.74) is 0.970. The Labute approximate surface area is 123 Å². The summed E-state index contributed by atoms with van der Waals surface area (Å²) < 4.78 is 1.93. The van der Waals surface area contributed by atoms with Gasteiger partial charge in [0.15, 0.2) is 0 Å². The van der Waals surface area contributed by atoms with Crippen LogP contribution in [0.25, 0.3) is 0 Å². The Hall–Kier alpha value is -1.36. The minimum Gasteiger partial charge on any atom is -0.387 e. The lowest BCUT2D eigenvalue weighted by atomic mass is 10.1. The molecule has 2 atom stereocenters. The third kappa shape index (κ3) is 3.03. The van der Waals surface area contributed by atoms with Gasteiger partial charge >= 0.3 is 0 Å². The molecule has 106 valence electrons. The van der Waals surface area contributed by atoms with E-state index in [1.54, 1.807) is 6.20 Å². The van der Waals surface area contributed by atoms with Crippen molar-refractivity contribution in [1.82, 2.24) is 14.7 Å². The van der Waals surface area contributed by atoms with Crippen LogP contribution in [0.4, 0.5) is 0 Å². The van der Waals surface area contributed by atoms with E-state index in [0.717, 1.165) is 25.1 Å². The Balaban J connectivity index is 1.58. The maximum absolute atomic E-state index is 10.3. The second kappa shape index (κ2) is 5.95. The molecule has 1 fully saturated rings. The molecule has 1 aliphatic rings. The first-order valence-electron chi connectivity index (χ1n) is 6.87. The molecule has 2 heterocycles. The van der Waals surface area contributed by atoms with Gasteiger partial charge in [0.25, 0.3) is 0 Å². The number of aliphatic hydroxyl groups is 1. The zero-order valence-corrected chi connectivity index (χ0v) is 11.9. The van der Waals surface area contributed by atoms with E-state index in [0.29, 0.717) is 17.6 Å². The van der Waals surface area contributed by atoms with Crippen LogP contribution < -0.4 is 0 Å². The van der Waals surface area contributed by atoms with Gasteiger partial charge in [-0.1, -0.05) is 41.9 Å². The maximum atomic E-state index is 10.3. The van der Waals surface area contributed by atoms with Crippen molar-refractivity contribution in [3.63, 3.8) is 0 Å². The van der Waals surface area contributed by atoms with Gasteiger partial charge in [0, 0.05) is 25.8 Å². The average Bonchev–Trinajstić information content (AvgIpc) is 3.09. The van der Waals surface area contributed by atoms with Crippen LogP contribution in [0.2, 0.25) is 5.02 Å². The van der Waals surface area contributed by atoms with Crippen LogP contribution in [0.5, 0.6) is 0 Å². The third-order valence-corrected chi connectivity index (χ3v) is 4.00. The highest BCUT2D eigenvalue weighted by atomic mass is 35.5. The van der Waals surface area contributed by atoms with E-state index in [4.69, 9.17) is 11.6 Å². The highest BCUT2D eigenvalue weighted by Crippen LogP contribution is 2.24. The molecule has 0 radical (unpaired) electrons. The van der Waals surface area contributed by atoms with E-state index in [-0.39, 0.29) is 0 Å². The Bertz CT molecular complexity index is 557. The topological polar surface area (TPSA) is 41.3 Å². The number of rotatable bonds is 4. The van der Waals surface area contributed by atoms with Gasteiger partial charge < -0.3 is 5.11 Å². The SMILES string of the molecule is O[C@H](CN1CCC(n2cc(Cl)cn2)C1)c1ccccc1. The zero-order valence-electron chi connectivity index (χ0n) is 11.2. The van der Waals surface area contributed by atoms with Gasteiger partial charge in [-0.25, -0.2) is 0 Å². The summed E-state index contributed by atoms with van der Waals surface area (Å²) in [7, 11) is 0. The van der Waals surface area contributed by atoms with Gasteiger partial charge in [-0.15, -0.1) is 0 Å². The lowest BCUT2D eigenvalue weighted by Crippen LogP contribution is -2.27. The number of benzene rings is 1. The summed E-state index contributed by atoms with van der Waals surface area (Å²) >= 11 is 5.90. The van der Waals surface area contributed by atoms with Crippen molar-refractivity contribution in [3.05, 3.63) is 53.3 Å². The molecule has 20 heavy (non-hydrogen) atoms. The molecule has 3 rings (SSSR count). The van der Waals surface area contributed by atoms with Crippen LogP contribution in [-0.4, -0.2) is 39.4 Å². The van der Waals surface area contributed by atoms with E-state index >= 15 is 0 Å². The van der Waals surface area contributed by atoms with Crippen molar-refractivity contribution in [2.45, 2.75) is 18.6 Å². The van der Waals surface area contributed by atoms with Crippen molar-refractivity contribution in [2.24, 2.45) is 0 Å². The smallest absolute Gasteiger partial charge is 0.0916 e. The first-order chi connectivity index (χ1) is 9.72. The molecular formula is C15H18ClN3O. The Morgan fingerprint density at radius 3 is 2.85 bits per heavy atom. The summed E-state index contributed by atoms with van der Waals surface area (Å²) in [4.78, 5) is 2.28. The fourth-order valence-corrected chi connectivity index (χ4v) is 2.88. The van der Waals surface area contributed by atoms with E-state index in [1.807, 2.05) is 41.2 Å². The van der Waals surface area contributed by atoms with Crippen LogP contribution in [-0.2, 0) is 0 Å². The summed E-state index contributed by atoms with van der Waals surface area (Å²) in [6.45, 7) is 2.55. The number of likely N-dealkylation sites (tertiary alicyclic amines) is 1. The van der Waals surface area contributed by atoms with Crippen molar-refractivity contribution >= 4 is 11.6 Å². The highest BCUT2D eigenvalue weighted by molar-refractivity contribution is 6.30. The number of β-amino-alcohol motifs (C(OH)–C–C–N with tert-alkyl or cyclic N) is 1. The summed E-state index contributed by atoms with van der Waals surface area (Å²) in [5, 5.41) is 15.2. The summed E-state index contributed by atoms with van der Waals surface area (Å²) in [6.07, 6.45) is 4.14. The number of aromatic nitrogens is 2. The Morgan fingerprint density at radius 1 is 1.35 bits per heavy atom. The molecule has 1 saturated heterocycles. The van der Waals surface area contributed by atoms with Crippen LogP contribution in [0, 0.1) is 0 Å². The van der Waals surface area contributed by atoms with Crippen LogP contribution in [0.1, 0.15) is 24.1 Å². The number of halogens is 1. The molecule has 0 aliphatic carbocycles. The second-order valence-electron chi connectivity index (χ2n) is 5.27. The largest absolute Gasteiger partial charge is 0.387 e. The van der Waals surface area contributed by atoms with E-state index < -0.39 is 6.10 Å². The predicted molar refractivity (Wildman–Crippen MR) is 78.7 cm³/mol. The third-order valence-electron chi connectivity index (χ3n) is 3.81. The second-order valence-corrected chi connectivity index (χ2v) is 5.70. The molecule has 0 bridgehead atoms. The lowest BCUT2D eigenvalue weighted by Gasteiger charge is -2.20. The van der Waals surface area contributed by atoms with Crippen LogP contribution in [0.3, 0.4) is 0 Å². The molecule has 2 aromatic rings. The first-order valence-corrected chi connectivity index (χ1v) is 7.25. The lowest BCUT2D eigenvalue weighted by molar-refractivity contribution is 0.124. The number of nitrogens with zero attached hydrogens (tertiary/aromatic N) is 3. The summed E-state index contributed by atoms with van der Waals surface area (Å²) in [6, 6.07) is 10.2. The van der Waals surface area contributed by atoms with Crippen molar-refractivity contribution in [3.8, 4) is 0 Å². The zero-order chi connectivity index (χ0) is 13.9.